The highest BCUT2D eigenvalue weighted by Gasteiger charge is 2.38. The van der Waals surface area contributed by atoms with E-state index in [0.717, 1.165) is 0 Å². The van der Waals surface area contributed by atoms with E-state index >= 15 is 0 Å². The number of hydrogen-bond donors (Lipinski definition) is 1. The molecule has 2 aromatic rings. The first-order valence-corrected chi connectivity index (χ1v) is 5.18. The summed E-state index contributed by atoms with van der Waals surface area (Å²) in [6, 6.07) is 4.13. The van der Waals surface area contributed by atoms with Gasteiger partial charge in [-0.15, -0.1) is 0 Å². The van der Waals surface area contributed by atoms with E-state index in [9.17, 15) is 18.0 Å². The molecule has 0 saturated carbocycles. The molecule has 2 rings (SSSR count). The van der Waals surface area contributed by atoms with Crippen molar-refractivity contribution < 1.29 is 22.4 Å². The molecule has 7 heteroatoms. The van der Waals surface area contributed by atoms with Crippen LogP contribution < -0.4 is 5.32 Å². The van der Waals surface area contributed by atoms with Crippen LogP contribution in [0.15, 0.2) is 22.6 Å². The molecular formula is C11H9F3N2O2. The van der Waals surface area contributed by atoms with Crippen LogP contribution in [0.3, 0.4) is 0 Å². The molecule has 0 saturated heterocycles. The van der Waals surface area contributed by atoms with Crippen molar-refractivity contribution in [3.8, 4) is 0 Å². The van der Waals surface area contributed by atoms with E-state index < -0.39 is 12.1 Å². The number of rotatable bonds is 2. The van der Waals surface area contributed by atoms with Gasteiger partial charge in [-0.05, 0) is 18.2 Å². The number of aromatic nitrogens is 1. The minimum absolute atomic E-state index is 0.0285. The molecular weight excluding hydrogens is 249 g/mol. The molecule has 0 fully saturated rings. The topological polar surface area (TPSA) is 55.1 Å². The molecule has 1 aromatic carbocycles. The zero-order valence-corrected chi connectivity index (χ0v) is 9.34. The Balaban J connectivity index is 2.27. The number of hydrogen-bond acceptors (Lipinski definition) is 3. The highest BCUT2D eigenvalue weighted by Crippen LogP contribution is 2.22. The maximum Gasteiger partial charge on any atom is 0.471 e. The molecule has 0 aliphatic carbocycles. The highest BCUT2D eigenvalue weighted by molar-refractivity contribution is 5.96. The van der Waals surface area contributed by atoms with Crippen molar-refractivity contribution in [1.82, 2.24) is 4.98 Å². The normalized spacial score (nSPS) is 11.8. The predicted molar refractivity (Wildman–Crippen MR) is 58.1 cm³/mol. The Kier molecular flexibility index (Phi) is 2.98. The fourth-order valence-corrected chi connectivity index (χ4v) is 1.41. The lowest BCUT2D eigenvalue weighted by molar-refractivity contribution is -0.167. The Morgan fingerprint density at radius 3 is 2.78 bits per heavy atom. The van der Waals surface area contributed by atoms with Crippen LogP contribution in [0.4, 0.5) is 18.9 Å². The van der Waals surface area contributed by atoms with Crippen LogP contribution in [-0.4, -0.2) is 17.1 Å². The minimum atomic E-state index is -4.91. The van der Waals surface area contributed by atoms with E-state index in [1.54, 1.807) is 5.32 Å². The smallest absolute Gasteiger partial charge is 0.441 e. The summed E-state index contributed by atoms with van der Waals surface area (Å²) in [6.07, 6.45) is -4.33. The van der Waals surface area contributed by atoms with Gasteiger partial charge in [0.2, 0.25) is 0 Å². The summed E-state index contributed by atoms with van der Waals surface area (Å²) < 4.78 is 41.5. The first kappa shape index (κ1) is 12.4. The maximum absolute atomic E-state index is 12.1. The Morgan fingerprint density at radius 2 is 2.17 bits per heavy atom. The third-order valence-electron chi connectivity index (χ3n) is 2.25. The standard InChI is InChI=1S/C11H9F3N2O2/c1-2-9-16-7-5-6(3-4-8(7)18-9)15-10(17)11(12,13)14/h3-5H,2H2,1H3,(H,15,17). The number of nitrogens with one attached hydrogen (secondary N) is 1. The van der Waals surface area contributed by atoms with Crippen molar-refractivity contribution in [1.29, 1.82) is 0 Å². The summed E-state index contributed by atoms with van der Waals surface area (Å²) in [4.78, 5) is 14.8. The number of benzene rings is 1. The van der Waals surface area contributed by atoms with Crippen molar-refractivity contribution >= 4 is 22.7 Å². The number of fused-ring (bicyclic) bond motifs is 1. The first-order chi connectivity index (χ1) is 8.40. The molecule has 0 aliphatic heterocycles. The average molecular weight is 258 g/mol. The monoisotopic (exact) mass is 258 g/mol. The van der Waals surface area contributed by atoms with Gasteiger partial charge in [0, 0.05) is 12.1 Å². The summed E-state index contributed by atoms with van der Waals surface area (Å²) >= 11 is 0. The summed E-state index contributed by atoms with van der Waals surface area (Å²) in [5.74, 6) is -1.52. The van der Waals surface area contributed by atoms with Crippen LogP contribution in [0.25, 0.3) is 11.1 Å². The quantitative estimate of drug-likeness (QED) is 0.901. The van der Waals surface area contributed by atoms with Gasteiger partial charge in [0.05, 0.1) is 0 Å². The molecule has 0 atom stereocenters. The predicted octanol–water partition coefficient (Wildman–Crippen LogP) is 2.89. The van der Waals surface area contributed by atoms with Crippen molar-refractivity contribution in [2.75, 3.05) is 5.32 Å². The molecule has 4 nitrogen and oxygen atoms in total. The largest absolute Gasteiger partial charge is 0.471 e. The van der Waals surface area contributed by atoms with E-state index in [0.29, 0.717) is 23.4 Å². The second kappa shape index (κ2) is 4.32. The summed E-state index contributed by atoms with van der Waals surface area (Å²) in [6.45, 7) is 1.84. The average Bonchev–Trinajstić information content (AvgIpc) is 2.69. The first-order valence-electron chi connectivity index (χ1n) is 5.18. The SMILES string of the molecule is CCc1nc2cc(NC(=O)C(F)(F)F)ccc2o1. The molecule has 96 valence electrons. The zero-order chi connectivity index (χ0) is 13.3. The number of amides is 1. The van der Waals surface area contributed by atoms with Gasteiger partial charge in [-0.3, -0.25) is 4.79 Å². The number of nitrogens with zero attached hydrogens (tertiary/aromatic N) is 1. The summed E-state index contributed by atoms with van der Waals surface area (Å²) in [7, 11) is 0. The van der Waals surface area contributed by atoms with E-state index in [2.05, 4.69) is 4.98 Å². The van der Waals surface area contributed by atoms with Crippen LogP contribution >= 0.6 is 0 Å². The number of oxazole rings is 1. The van der Waals surface area contributed by atoms with Crippen LogP contribution in [0.2, 0.25) is 0 Å². The molecule has 18 heavy (non-hydrogen) atoms. The highest BCUT2D eigenvalue weighted by atomic mass is 19.4. The van der Waals surface area contributed by atoms with E-state index in [1.165, 1.54) is 18.2 Å². The summed E-state index contributed by atoms with van der Waals surface area (Å²) in [5, 5.41) is 1.76. The molecule has 1 N–H and O–H groups in total. The van der Waals surface area contributed by atoms with Crippen molar-refractivity contribution in [2.45, 2.75) is 19.5 Å². The zero-order valence-electron chi connectivity index (χ0n) is 9.34. The molecule has 0 bridgehead atoms. The molecule has 1 amide bonds. The lowest BCUT2D eigenvalue weighted by Gasteiger charge is -2.07. The second-order valence-electron chi connectivity index (χ2n) is 3.60. The fraction of sp³-hybridized carbons (Fsp3) is 0.273. The van der Waals surface area contributed by atoms with E-state index in [4.69, 9.17) is 4.42 Å². The number of alkyl halides is 3. The molecule has 1 aromatic heterocycles. The summed E-state index contributed by atoms with van der Waals surface area (Å²) in [5.41, 5.74) is 0.907. The van der Waals surface area contributed by atoms with Crippen LogP contribution in [0.5, 0.6) is 0 Å². The fourth-order valence-electron chi connectivity index (χ4n) is 1.41. The Morgan fingerprint density at radius 1 is 1.44 bits per heavy atom. The van der Waals surface area contributed by atoms with Crippen LogP contribution in [-0.2, 0) is 11.2 Å². The maximum atomic E-state index is 12.1. The van der Waals surface area contributed by atoms with Crippen LogP contribution in [0, 0.1) is 0 Å². The van der Waals surface area contributed by atoms with E-state index in [1.807, 2.05) is 6.92 Å². The molecule has 1 heterocycles. The Bertz CT molecular complexity index is 589. The number of anilines is 1. The van der Waals surface area contributed by atoms with Gasteiger partial charge in [0.25, 0.3) is 0 Å². The number of halogens is 3. The van der Waals surface area contributed by atoms with Gasteiger partial charge in [-0.25, -0.2) is 4.98 Å². The minimum Gasteiger partial charge on any atom is -0.441 e. The third kappa shape index (κ3) is 2.44. The second-order valence-corrected chi connectivity index (χ2v) is 3.60. The molecule has 0 spiro atoms. The van der Waals surface area contributed by atoms with Gasteiger partial charge in [0.15, 0.2) is 11.5 Å². The number of aryl methyl sites for hydroxylation is 1. The number of carbonyl (C=O) groups is 1. The number of carbonyl (C=O) groups excluding carboxylic acids is 1. The van der Waals surface area contributed by atoms with Gasteiger partial charge < -0.3 is 9.73 Å². The van der Waals surface area contributed by atoms with Gasteiger partial charge in [0.1, 0.15) is 5.52 Å². The van der Waals surface area contributed by atoms with Crippen molar-refractivity contribution in [2.24, 2.45) is 0 Å². The third-order valence-corrected chi connectivity index (χ3v) is 2.25. The Hall–Kier alpha value is -2.05. The van der Waals surface area contributed by atoms with Crippen molar-refractivity contribution in [3.63, 3.8) is 0 Å². The molecule has 0 unspecified atom stereocenters. The van der Waals surface area contributed by atoms with Gasteiger partial charge >= 0.3 is 12.1 Å². The molecule has 0 radical (unpaired) electrons. The molecule has 0 aliphatic rings. The van der Waals surface area contributed by atoms with E-state index in [-0.39, 0.29) is 5.69 Å². The Labute approximate surface area is 99.8 Å². The van der Waals surface area contributed by atoms with Crippen LogP contribution in [0.1, 0.15) is 12.8 Å². The lowest BCUT2D eigenvalue weighted by Crippen LogP contribution is -2.29. The van der Waals surface area contributed by atoms with Gasteiger partial charge in [-0.1, -0.05) is 6.92 Å². The van der Waals surface area contributed by atoms with Crippen molar-refractivity contribution in [3.05, 3.63) is 24.1 Å². The lowest BCUT2D eigenvalue weighted by atomic mass is 10.3. The van der Waals surface area contributed by atoms with Gasteiger partial charge in [-0.2, -0.15) is 13.2 Å².